The highest BCUT2D eigenvalue weighted by Crippen LogP contribution is 2.38. The maximum Gasteiger partial charge on any atom is 0.126 e. The molecule has 0 aromatic heterocycles. The Morgan fingerprint density at radius 1 is 0.952 bits per heavy atom. The summed E-state index contributed by atoms with van der Waals surface area (Å²) in [5, 5.41) is 0. The molecule has 1 rings (SSSR count). The van der Waals surface area contributed by atoms with Gasteiger partial charge in [0.2, 0.25) is 0 Å². The minimum absolute atomic E-state index is 0.905. The second-order valence-corrected chi connectivity index (χ2v) is 5.78. The molecule has 0 fully saturated rings. The van der Waals surface area contributed by atoms with Crippen molar-refractivity contribution in [3.05, 3.63) is 33.9 Å². The molecule has 1 aromatic rings. The minimum Gasteiger partial charge on any atom is -0.496 e. The Bertz CT molecular complexity index is 513. The Labute approximate surface area is 130 Å². The standard InChI is InChI=1S/C19H30O2/c1-8-9-10-13(2)11-12-17-16(5)18(20-6)14(3)15(4)19(17)21-7/h11H,8-10,12H2,1-7H3/b13-11+. The van der Waals surface area contributed by atoms with E-state index in [2.05, 4.69) is 40.7 Å². The molecule has 0 heterocycles. The normalized spacial score (nSPS) is 11.7. The second-order valence-electron chi connectivity index (χ2n) is 5.78. The quantitative estimate of drug-likeness (QED) is 0.634. The average Bonchev–Trinajstić information content (AvgIpc) is 2.47. The zero-order valence-corrected chi connectivity index (χ0v) is 14.7. The van der Waals surface area contributed by atoms with E-state index in [1.54, 1.807) is 14.2 Å². The van der Waals surface area contributed by atoms with Crippen LogP contribution >= 0.6 is 0 Å². The lowest BCUT2D eigenvalue weighted by atomic mass is 9.94. The van der Waals surface area contributed by atoms with Crippen molar-refractivity contribution in [1.29, 1.82) is 0 Å². The third kappa shape index (κ3) is 4.03. The Morgan fingerprint density at radius 2 is 1.52 bits per heavy atom. The van der Waals surface area contributed by atoms with Gasteiger partial charge in [0.05, 0.1) is 14.2 Å². The summed E-state index contributed by atoms with van der Waals surface area (Å²) in [7, 11) is 3.50. The summed E-state index contributed by atoms with van der Waals surface area (Å²) >= 11 is 0. The molecule has 118 valence electrons. The van der Waals surface area contributed by atoms with Crippen LogP contribution in [0.4, 0.5) is 0 Å². The largest absolute Gasteiger partial charge is 0.496 e. The van der Waals surface area contributed by atoms with Gasteiger partial charge in [0.15, 0.2) is 0 Å². The fraction of sp³-hybridized carbons (Fsp3) is 0.579. The van der Waals surface area contributed by atoms with Crippen LogP contribution in [0.1, 0.15) is 55.4 Å². The number of benzene rings is 1. The SMILES string of the molecule is CCCC/C(C)=C/Cc1c(C)c(OC)c(C)c(C)c1OC. The smallest absolute Gasteiger partial charge is 0.126 e. The summed E-state index contributed by atoms with van der Waals surface area (Å²) in [6.07, 6.45) is 6.91. The number of ether oxygens (including phenoxy) is 2. The molecule has 0 spiro atoms. The van der Waals surface area contributed by atoms with E-state index in [0.29, 0.717) is 0 Å². The van der Waals surface area contributed by atoms with Crippen LogP contribution in [-0.4, -0.2) is 14.2 Å². The van der Waals surface area contributed by atoms with Crippen molar-refractivity contribution in [2.75, 3.05) is 14.2 Å². The summed E-state index contributed by atoms with van der Waals surface area (Å²) in [5.41, 5.74) is 6.23. The van der Waals surface area contributed by atoms with E-state index in [1.165, 1.54) is 47.1 Å². The number of hydrogen-bond acceptors (Lipinski definition) is 2. The lowest BCUT2D eigenvalue weighted by molar-refractivity contribution is 0.391. The Kier molecular flexibility index (Phi) is 6.80. The molecule has 2 heteroatoms. The molecule has 0 saturated heterocycles. The molecule has 0 aliphatic heterocycles. The zero-order chi connectivity index (χ0) is 16.0. The van der Waals surface area contributed by atoms with Gasteiger partial charge in [-0.05, 0) is 63.6 Å². The van der Waals surface area contributed by atoms with E-state index in [1.807, 2.05) is 0 Å². The van der Waals surface area contributed by atoms with Gasteiger partial charge in [-0.3, -0.25) is 0 Å². The number of allylic oxidation sites excluding steroid dienone is 2. The van der Waals surface area contributed by atoms with Crippen molar-refractivity contribution >= 4 is 0 Å². The molecule has 2 nitrogen and oxygen atoms in total. The van der Waals surface area contributed by atoms with E-state index in [4.69, 9.17) is 9.47 Å². The first-order valence-corrected chi connectivity index (χ1v) is 7.84. The summed E-state index contributed by atoms with van der Waals surface area (Å²) in [6.45, 7) is 10.8. The molecule has 0 radical (unpaired) electrons. The maximum absolute atomic E-state index is 5.67. The highest BCUT2D eigenvalue weighted by atomic mass is 16.5. The molecule has 21 heavy (non-hydrogen) atoms. The molecule has 0 aliphatic rings. The molecule has 0 amide bonds. The van der Waals surface area contributed by atoms with Gasteiger partial charge in [-0.25, -0.2) is 0 Å². The third-order valence-electron chi connectivity index (χ3n) is 4.30. The summed E-state index contributed by atoms with van der Waals surface area (Å²) in [6, 6.07) is 0. The van der Waals surface area contributed by atoms with Crippen LogP contribution in [0.25, 0.3) is 0 Å². The second kappa shape index (κ2) is 8.11. The van der Waals surface area contributed by atoms with Crippen molar-refractivity contribution in [3.63, 3.8) is 0 Å². The maximum atomic E-state index is 5.67. The third-order valence-corrected chi connectivity index (χ3v) is 4.30. The average molecular weight is 290 g/mol. The van der Waals surface area contributed by atoms with E-state index in [-0.39, 0.29) is 0 Å². The van der Waals surface area contributed by atoms with Gasteiger partial charge in [0.1, 0.15) is 11.5 Å². The minimum atomic E-state index is 0.905. The van der Waals surface area contributed by atoms with Gasteiger partial charge in [-0.15, -0.1) is 0 Å². The van der Waals surface area contributed by atoms with Crippen LogP contribution in [-0.2, 0) is 6.42 Å². The number of hydrogen-bond donors (Lipinski definition) is 0. The highest BCUT2D eigenvalue weighted by molar-refractivity contribution is 5.58. The van der Waals surface area contributed by atoms with Gasteiger partial charge in [0.25, 0.3) is 0 Å². The van der Waals surface area contributed by atoms with E-state index in [0.717, 1.165) is 17.9 Å². The summed E-state index contributed by atoms with van der Waals surface area (Å²) in [4.78, 5) is 0. The van der Waals surface area contributed by atoms with Gasteiger partial charge in [-0.2, -0.15) is 0 Å². The van der Waals surface area contributed by atoms with Crippen molar-refractivity contribution in [2.45, 2.75) is 60.3 Å². The van der Waals surface area contributed by atoms with Gasteiger partial charge in [0, 0.05) is 5.56 Å². The summed E-state index contributed by atoms with van der Waals surface area (Å²) in [5.74, 6) is 1.99. The van der Waals surface area contributed by atoms with Crippen LogP contribution in [0.15, 0.2) is 11.6 Å². The fourth-order valence-corrected chi connectivity index (χ4v) is 2.82. The van der Waals surface area contributed by atoms with Crippen LogP contribution in [0.5, 0.6) is 11.5 Å². The molecule has 0 N–H and O–H groups in total. The number of rotatable bonds is 7. The lowest BCUT2D eigenvalue weighted by Crippen LogP contribution is -2.03. The Hall–Kier alpha value is -1.44. The van der Waals surface area contributed by atoms with E-state index >= 15 is 0 Å². The predicted molar refractivity (Wildman–Crippen MR) is 90.7 cm³/mol. The molecule has 0 unspecified atom stereocenters. The lowest BCUT2D eigenvalue weighted by Gasteiger charge is -2.20. The molecule has 0 aliphatic carbocycles. The van der Waals surface area contributed by atoms with Crippen LogP contribution in [0, 0.1) is 20.8 Å². The predicted octanol–water partition coefficient (Wildman–Crippen LogP) is 5.31. The first kappa shape index (κ1) is 17.6. The number of unbranched alkanes of at least 4 members (excludes halogenated alkanes) is 1. The van der Waals surface area contributed by atoms with Crippen molar-refractivity contribution in [1.82, 2.24) is 0 Å². The Morgan fingerprint density at radius 3 is 2.05 bits per heavy atom. The molecule has 1 aromatic carbocycles. The zero-order valence-electron chi connectivity index (χ0n) is 14.7. The fourth-order valence-electron chi connectivity index (χ4n) is 2.82. The van der Waals surface area contributed by atoms with Gasteiger partial charge >= 0.3 is 0 Å². The van der Waals surface area contributed by atoms with E-state index < -0.39 is 0 Å². The summed E-state index contributed by atoms with van der Waals surface area (Å²) < 4.78 is 11.3. The Balaban J connectivity index is 3.19. The first-order chi connectivity index (χ1) is 9.97. The molecular formula is C19H30O2. The van der Waals surface area contributed by atoms with Gasteiger partial charge in [-0.1, -0.05) is 25.0 Å². The molecule has 0 saturated carbocycles. The number of methoxy groups -OCH3 is 2. The molecule has 0 atom stereocenters. The monoisotopic (exact) mass is 290 g/mol. The van der Waals surface area contributed by atoms with Crippen LogP contribution < -0.4 is 9.47 Å². The molecular weight excluding hydrogens is 260 g/mol. The van der Waals surface area contributed by atoms with Gasteiger partial charge < -0.3 is 9.47 Å². The van der Waals surface area contributed by atoms with Crippen molar-refractivity contribution < 1.29 is 9.47 Å². The van der Waals surface area contributed by atoms with Crippen molar-refractivity contribution in [2.24, 2.45) is 0 Å². The molecule has 0 bridgehead atoms. The van der Waals surface area contributed by atoms with Crippen molar-refractivity contribution in [3.8, 4) is 11.5 Å². The van der Waals surface area contributed by atoms with E-state index in [9.17, 15) is 0 Å². The first-order valence-electron chi connectivity index (χ1n) is 7.84. The highest BCUT2D eigenvalue weighted by Gasteiger charge is 2.17. The van der Waals surface area contributed by atoms with Crippen LogP contribution in [0.2, 0.25) is 0 Å². The topological polar surface area (TPSA) is 18.5 Å². The van der Waals surface area contributed by atoms with Crippen LogP contribution in [0.3, 0.4) is 0 Å².